The Morgan fingerprint density at radius 1 is 1.00 bits per heavy atom. The maximum atomic E-state index is 12.9. The van der Waals surface area contributed by atoms with Gasteiger partial charge in [0.2, 0.25) is 5.91 Å². The van der Waals surface area contributed by atoms with E-state index in [9.17, 15) is 4.79 Å². The SMILES string of the molecule is CCc1ccc(-c2cn3c(CC(=O)NC4CCCCCCCCCCC4)csc3n2)cc1. The lowest BCUT2D eigenvalue weighted by Gasteiger charge is -2.19. The van der Waals surface area contributed by atoms with Gasteiger partial charge in [0.25, 0.3) is 0 Å². The molecule has 1 N–H and O–H groups in total. The van der Waals surface area contributed by atoms with Crippen LogP contribution in [0.3, 0.4) is 0 Å². The van der Waals surface area contributed by atoms with Crippen molar-refractivity contribution in [3.63, 3.8) is 0 Å². The summed E-state index contributed by atoms with van der Waals surface area (Å²) in [6.45, 7) is 2.17. The van der Waals surface area contributed by atoms with Crippen LogP contribution in [0.1, 0.15) is 88.8 Å². The number of hydrogen-bond acceptors (Lipinski definition) is 3. The highest BCUT2D eigenvalue weighted by molar-refractivity contribution is 7.15. The average Bonchev–Trinajstić information content (AvgIpc) is 3.38. The van der Waals surface area contributed by atoms with E-state index in [4.69, 9.17) is 4.98 Å². The first-order valence-corrected chi connectivity index (χ1v) is 13.4. The van der Waals surface area contributed by atoms with Crippen molar-refractivity contribution in [3.8, 4) is 11.3 Å². The van der Waals surface area contributed by atoms with E-state index in [1.165, 1.54) is 63.4 Å². The third-order valence-electron chi connectivity index (χ3n) is 6.75. The molecule has 1 amide bonds. The first-order chi connectivity index (χ1) is 15.7. The number of hydrogen-bond donors (Lipinski definition) is 1. The Morgan fingerprint density at radius 3 is 2.25 bits per heavy atom. The standard InChI is InChI=1S/C27H37N3OS/c1-2-21-14-16-22(17-15-21)25-19-30-24(20-32-27(30)29-25)18-26(31)28-23-12-10-8-6-4-3-5-7-9-11-13-23/h14-17,19-20,23H,2-13,18H2,1H3,(H,28,31). The van der Waals surface area contributed by atoms with Gasteiger partial charge in [-0.3, -0.25) is 9.20 Å². The molecule has 0 atom stereocenters. The molecule has 2 aromatic heterocycles. The minimum atomic E-state index is 0.143. The monoisotopic (exact) mass is 451 g/mol. The van der Waals surface area contributed by atoms with Gasteiger partial charge in [-0.25, -0.2) is 4.98 Å². The molecule has 1 saturated carbocycles. The zero-order valence-electron chi connectivity index (χ0n) is 19.4. The summed E-state index contributed by atoms with van der Waals surface area (Å²) in [5, 5.41) is 5.43. The Morgan fingerprint density at radius 2 is 1.62 bits per heavy atom. The van der Waals surface area contributed by atoms with Gasteiger partial charge in [-0.15, -0.1) is 11.3 Å². The average molecular weight is 452 g/mol. The van der Waals surface area contributed by atoms with E-state index in [1.807, 2.05) is 0 Å². The number of amides is 1. The Kier molecular flexibility index (Phi) is 8.38. The molecule has 172 valence electrons. The molecule has 5 heteroatoms. The normalized spacial score (nSPS) is 17.0. The molecule has 1 aromatic carbocycles. The van der Waals surface area contributed by atoms with Crippen molar-refractivity contribution in [2.45, 2.75) is 96.4 Å². The second-order valence-electron chi connectivity index (χ2n) is 9.26. The smallest absolute Gasteiger partial charge is 0.226 e. The number of imidazole rings is 1. The largest absolute Gasteiger partial charge is 0.353 e. The van der Waals surface area contributed by atoms with Gasteiger partial charge in [0, 0.05) is 28.9 Å². The summed E-state index contributed by atoms with van der Waals surface area (Å²) in [5.74, 6) is 0.143. The Balaban J connectivity index is 1.38. The van der Waals surface area contributed by atoms with Gasteiger partial charge in [-0.05, 0) is 24.8 Å². The molecule has 0 spiro atoms. The fraction of sp³-hybridized carbons (Fsp3) is 0.556. The number of thiazole rings is 1. The van der Waals surface area contributed by atoms with E-state index >= 15 is 0 Å². The first-order valence-electron chi connectivity index (χ1n) is 12.6. The zero-order chi connectivity index (χ0) is 22.2. The van der Waals surface area contributed by atoms with Gasteiger partial charge < -0.3 is 5.32 Å². The second kappa shape index (κ2) is 11.6. The van der Waals surface area contributed by atoms with Crippen molar-refractivity contribution in [1.29, 1.82) is 0 Å². The van der Waals surface area contributed by atoms with Gasteiger partial charge in [0.05, 0.1) is 12.1 Å². The van der Waals surface area contributed by atoms with Crippen LogP contribution in [0.2, 0.25) is 0 Å². The van der Waals surface area contributed by atoms with Crippen molar-refractivity contribution >= 4 is 22.2 Å². The summed E-state index contributed by atoms with van der Waals surface area (Å²) in [7, 11) is 0. The number of benzene rings is 1. The summed E-state index contributed by atoms with van der Waals surface area (Å²) >= 11 is 1.61. The predicted octanol–water partition coefficient (Wildman–Crippen LogP) is 6.96. The zero-order valence-corrected chi connectivity index (χ0v) is 20.3. The van der Waals surface area contributed by atoms with Crippen LogP contribution in [0.15, 0.2) is 35.8 Å². The van der Waals surface area contributed by atoms with Crippen molar-refractivity contribution in [2.24, 2.45) is 0 Å². The molecule has 0 radical (unpaired) electrons. The van der Waals surface area contributed by atoms with Crippen LogP contribution >= 0.6 is 11.3 Å². The maximum Gasteiger partial charge on any atom is 0.226 e. The molecule has 2 heterocycles. The lowest BCUT2D eigenvalue weighted by atomic mass is 9.98. The number of carbonyl (C=O) groups is 1. The van der Waals surface area contributed by atoms with Gasteiger partial charge in [-0.1, -0.05) is 89.0 Å². The second-order valence-corrected chi connectivity index (χ2v) is 10.1. The summed E-state index contributed by atoms with van der Waals surface area (Å²) in [4.78, 5) is 18.6. The molecule has 1 aliphatic carbocycles. The number of fused-ring (bicyclic) bond motifs is 1. The Labute approximate surface area is 196 Å². The summed E-state index contributed by atoms with van der Waals surface area (Å²) in [6, 6.07) is 8.94. The number of carbonyl (C=O) groups excluding carboxylic acids is 1. The van der Waals surface area contributed by atoms with E-state index in [2.05, 4.69) is 52.5 Å². The minimum absolute atomic E-state index is 0.143. The minimum Gasteiger partial charge on any atom is -0.353 e. The number of rotatable bonds is 5. The molecular formula is C27H37N3OS. The number of aromatic nitrogens is 2. The highest BCUT2D eigenvalue weighted by Crippen LogP contribution is 2.25. The fourth-order valence-electron chi connectivity index (χ4n) is 4.76. The van der Waals surface area contributed by atoms with E-state index in [0.717, 1.165) is 41.2 Å². The lowest BCUT2D eigenvalue weighted by Crippen LogP contribution is -2.36. The topological polar surface area (TPSA) is 46.4 Å². The van der Waals surface area contributed by atoms with Crippen molar-refractivity contribution in [3.05, 3.63) is 47.1 Å². The first kappa shape index (κ1) is 23.0. The molecule has 0 saturated heterocycles. The molecule has 0 aliphatic heterocycles. The summed E-state index contributed by atoms with van der Waals surface area (Å²) in [5.41, 5.74) is 4.46. The number of nitrogens with one attached hydrogen (secondary N) is 1. The van der Waals surface area contributed by atoms with E-state index in [1.54, 1.807) is 11.3 Å². The summed E-state index contributed by atoms with van der Waals surface area (Å²) in [6.07, 6.45) is 17.7. The molecule has 1 fully saturated rings. The third kappa shape index (κ3) is 6.22. The molecule has 0 bridgehead atoms. The van der Waals surface area contributed by atoms with Crippen LogP contribution in [0.25, 0.3) is 16.2 Å². The van der Waals surface area contributed by atoms with Crippen molar-refractivity contribution < 1.29 is 4.79 Å². The molecule has 0 unspecified atom stereocenters. The molecular weight excluding hydrogens is 414 g/mol. The molecule has 4 nitrogen and oxygen atoms in total. The van der Waals surface area contributed by atoms with Crippen LogP contribution in [-0.2, 0) is 17.6 Å². The summed E-state index contributed by atoms with van der Waals surface area (Å²) < 4.78 is 2.09. The third-order valence-corrected chi connectivity index (χ3v) is 7.64. The van der Waals surface area contributed by atoms with Crippen molar-refractivity contribution in [2.75, 3.05) is 0 Å². The van der Waals surface area contributed by atoms with Gasteiger partial charge >= 0.3 is 0 Å². The Hall–Kier alpha value is -2.14. The quantitative estimate of drug-likeness (QED) is 0.456. The van der Waals surface area contributed by atoms with Gasteiger partial charge in [0.15, 0.2) is 4.96 Å². The number of aryl methyl sites for hydroxylation is 1. The fourth-order valence-corrected chi connectivity index (χ4v) is 5.63. The van der Waals surface area contributed by atoms with E-state index in [-0.39, 0.29) is 5.91 Å². The molecule has 3 aromatic rings. The van der Waals surface area contributed by atoms with Crippen LogP contribution in [0, 0.1) is 0 Å². The van der Waals surface area contributed by atoms with E-state index < -0.39 is 0 Å². The molecule has 4 rings (SSSR count). The highest BCUT2D eigenvalue weighted by atomic mass is 32.1. The van der Waals surface area contributed by atoms with Gasteiger partial charge in [0.1, 0.15) is 0 Å². The molecule has 1 aliphatic rings. The maximum absolute atomic E-state index is 12.9. The van der Waals surface area contributed by atoms with E-state index in [0.29, 0.717) is 12.5 Å². The number of nitrogens with zero attached hydrogens (tertiary/aromatic N) is 2. The van der Waals surface area contributed by atoms with Crippen LogP contribution in [-0.4, -0.2) is 21.3 Å². The Bertz CT molecular complexity index is 976. The van der Waals surface area contributed by atoms with Crippen molar-refractivity contribution in [1.82, 2.24) is 14.7 Å². The van der Waals surface area contributed by atoms with Gasteiger partial charge in [-0.2, -0.15) is 0 Å². The predicted molar refractivity (Wildman–Crippen MR) is 134 cm³/mol. The van der Waals surface area contributed by atoms with Crippen LogP contribution in [0.4, 0.5) is 0 Å². The lowest BCUT2D eigenvalue weighted by molar-refractivity contribution is -0.121. The molecule has 32 heavy (non-hydrogen) atoms. The van der Waals surface area contributed by atoms with Crippen LogP contribution in [0.5, 0.6) is 0 Å². The van der Waals surface area contributed by atoms with Crippen LogP contribution < -0.4 is 5.32 Å². The highest BCUT2D eigenvalue weighted by Gasteiger charge is 2.16.